The van der Waals surface area contributed by atoms with Gasteiger partial charge in [-0.2, -0.15) is 0 Å². The van der Waals surface area contributed by atoms with Gasteiger partial charge in [-0.1, -0.05) is 0 Å². The van der Waals surface area contributed by atoms with Crippen molar-refractivity contribution in [2.45, 2.75) is 18.9 Å². The van der Waals surface area contributed by atoms with Crippen molar-refractivity contribution in [3.8, 4) is 0 Å². The zero-order chi connectivity index (χ0) is 6.10. The molecule has 0 aliphatic carbocycles. The van der Waals surface area contributed by atoms with Crippen molar-refractivity contribution in [3.05, 3.63) is 0 Å². The van der Waals surface area contributed by atoms with Crippen LogP contribution in [0.4, 0.5) is 0 Å². The van der Waals surface area contributed by atoms with E-state index in [1.54, 1.807) is 0 Å². The van der Waals surface area contributed by atoms with Crippen LogP contribution in [0.2, 0.25) is 0 Å². The fourth-order valence-electron chi connectivity index (χ4n) is 2.08. The van der Waals surface area contributed by atoms with Crippen molar-refractivity contribution >= 4 is 0 Å². The average molecular weight is 127 g/mol. The zero-order valence-electron chi connectivity index (χ0n) is 5.82. The quantitative estimate of drug-likeness (QED) is 0.411. The Bertz CT molecular complexity index is 91.1. The number of fused-ring (bicyclic) bond motifs is 1. The Balaban J connectivity index is 1.97. The van der Waals surface area contributed by atoms with Crippen LogP contribution in [-0.2, 0) is 0 Å². The molecule has 2 saturated heterocycles. The Labute approximate surface area is 56.2 Å². The summed E-state index contributed by atoms with van der Waals surface area (Å²) < 4.78 is 0. The van der Waals surface area contributed by atoms with Crippen molar-refractivity contribution < 1.29 is 4.90 Å². The van der Waals surface area contributed by atoms with E-state index in [2.05, 4.69) is 5.32 Å². The Kier molecular flexibility index (Phi) is 1.44. The molecule has 2 atom stereocenters. The molecule has 2 aliphatic rings. The zero-order valence-corrected chi connectivity index (χ0v) is 5.82. The predicted octanol–water partition coefficient (Wildman–Crippen LogP) is -1.36. The molecule has 0 saturated carbocycles. The molecule has 2 unspecified atom stereocenters. The van der Waals surface area contributed by atoms with E-state index in [-0.39, 0.29) is 0 Å². The van der Waals surface area contributed by atoms with E-state index < -0.39 is 0 Å². The lowest BCUT2D eigenvalue weighted by Gasteiger charge is -2.26. The molecule has 2 N–H and O–H groups in total. The molecule has 0 bridgehead atoms. The van der Waals surface area contributed by atoms with E-state index in [0.717, 1.165) is 6.04 Å². The van der Waals surface area contributed by atoms with Crippen LogP contribution in [0.5, 0.6) is 0 Å². The second kappa shape index (κ2) is 2.27. The molecular formula is C7H15N2+. The van der Waals surface area contributed by atoms with Gasteiger partial charge in [-0.3, -0.25) is 0 Å². The van der Waals surface area contributed by atoms with Crippen LogP contribution in [0, 0.1) is 0 Å². The van der Waals surface area contributed by atoms with Gasteiger partial charge >= 0.3 is 0 Å². The van der Waals surface area contributed by atoms with E-state index in [1.165, 1.54) is 39.0 Å². The maximum atomic E-state index is 3.44. The van der Waals surface area contributed by atoms with E-state index in [1.807, 2.05) is 4.90 Å². The molecule has 2 aliphatic heterocycles. The smallest absolute Gasteiger partial charge is 0.100 e. The number of hydrogen-bond donors (Lipinski definition) is 2. The largest absolute Gasteiger partial charge is 0.330 e. The van der Waals surface area contributed by atoms with Crippen LogP contribution in [0.3, 0.4) is 0 Å². The Hall–Kier alpha value is -0.0800. The fourth-order valence-corrected chi connectivity index (χ4v) is 2.08. The number of nitrogens with one attached hydrogen (secondary N) is 2. The van der Waals surface area contributed by atoms with E-state index in [0.29, 0.717) is 0 Å². The van der Waals surface area contributed by atoms with Gasteiger partial charge in [0.1, 0.15) is 6.04 Å². The highest BCUT2D eigenvalue weighted by Gasteiger charge is 2.29. The summed E-state index contributed by atoms with van der Waals surface area (Å²) in [5.41, 5.74) is 0. The summed E-state index contributed by atoms with van der Waals surface area (Å²) in [5, 5.41) is 3.44. The Morgan fingerprint density at radius 3 is 3.22 bits per heavy atom. The molecule has 0 spiro atoms. The fraction of sp³-hybridized carbons (Fsp3) is 1.00. The third-order valence-corrected chi connectivity index (χ3v) is 2.64. The molecule has 0 aromatic rings. The van der Waals surface area contributed by atoms with Crippen LogP contribution >= 0.6 is 0 Å². The number of rotatable bonds is 0. The molecule has 9 heavy (non-hydrogen) atoms. The standard InChI is InChI=1S/C7H14N2/c1-2-7-6-8-3-5-9(7)4-1/h7-8H,1-6H2/p+1. The first-order chi connectivity index (χ1) is 4.47. The van der Waals surface area contributed by atoms with Gasteiger partial charge in [-0.05, 0) is 0 Å². The van der Waals surface area contributed by atoms with Crippen LogP contribution in [0.25, 0.3) is 0 Å². The minimum absolute atomic E-state index is 0.971. The highest BCUT2D eigenvalue weighted by atomic mass is 15.2. The monoisotopic (exact) mass is 127 g/mol. The third kappa shape index (κ3) is 0.970. The van der Waals surface area contributed by atoms with E-state index >= 15 is 0 Å². The number of piperazine rings is 1. The normalized spacial score (nSPS) is 42.7. The van der Waals surface area contributed by atoms with Gasteiger partial charge in [0.05, 0.1) is 13.1 Å². The van der Waals surface area contributed by atoms with Gasteiger partial charge < -0.3 is 10.2 Å². The molecule has 0 aromatic carbocycles. The second-order valence-corrected chi connectivity index (χ2v) is 3.20. The molecule has 2 rings (SSSR count). The first-order valence-corrected chi connectivity index (χ1v) is 4.02. The van der Waals surface area contributed by atoms with Crippen LogP contribution < -0.4 is 10.2 Å². The molecule has 2 fully saturated rings. The summed E-state index contributed by atoms with van der Waals surface area (Å²) in [6.45, 7) is 5.32. The minimum atomic E-state index is 0.971. The van der Waals surface area contributed by atoms with Gasteiger partial charge in [0, 0.05) is 25.9 Å². The van der Waals surface area contributed by atoms with Gasteiger partial charge in [0.15, 0.2) is 0 Å². The van der Waals surface area contributed by atoms with Crippen molar-refractivity contribution in [1.29, 1.82) is 0 Å². The van der Waals surface area contributed by atoms with Gasteiger partial charge in [-0.25, -0.2) is 0 Å². The average Bonchev–Trinajstić information content (AvgIpc) is 2.33. The highest BCUT2D eigenvalue weighted by Crippen LogP contribution is 1.99. The van der Waals surface area contributed by atoms with Crippen LogP contribution in [0.15, 0.2) is 0 Å². The molecular weight excluding hydrogens is 112 g/mol. The molecule has 0 amide bonds. The van der Waals surface area contributed by atoms with E-state index in [4.69, 9.17) is 0 Å². The van der Waals surface area contributed by atoms with Crippen molar-refractivity contribution in [1.82, 2.24) is 5.32 Å². The maximum Gasteiger partial charge on any atom is 0.100 e. The van der Waals surface area contributed by atoms with Crippen LogP contribution in [-0.4, -0.2) is 32.2 Å². The lowest BCUT2D eigenvalue weighted by atomic mass is 10.2. The van der Waals surface area contributed by atoms with Crippen molar-refractivity contribution in [2.24, 2.45) is 0 Å². The first kappa shape index (κ1) is 5.69. The topological polar surface area (TPSA) is 16.5 Å². The molecule has 2 heterocycles. The summed E-state index contributed by atoms with van der Waals surface area (Å²) in [6.07, 6.45) is 2.92. The lowest BCUT2D eigenvalue weighted by molar-refractivity contribution is -0.914. The Morgan fingerprint density at radius 1 is 1.33 bits per heavy atom. The maximum absolute atomic E-state index is 3.44. The second-order valence-electron chi connectivity index (χ2n) is 3.20. The summed E-state index contributed by atoms with van der Waals surface area (Å²) in [7, 11) is 0. The number of hydrogen-bond acceptors (Lipinski definition) is 1. The van der Waals surface area contributed by atoms with Gasteiger partial charge in [-0.15, -0.1) is 0 Å². The van der Waals surface area contributed by atoms with Gasteiger partial charge in [0.25, 0.3) is 0 Å². The first-order valence-electron chi connectivity index (χ1n) is 4.02. The summed E-state index contributed by atoms with van der Waals surface area (Å²) in [6, 6.07) is 0.971. The van der Waals surface area contributed by atoms with E-state index in [9.17, 15) is 0 Å². The molecule has 2 nitrogen and oxygen atoms in total. The Morgan fingerprint density at radius 2 is 2.33 bits per heavy atom. The van der Waals surface area contributed by atoms with Crippen molar-refractivity contribution in [3.63, 3.8) is 0 Å². The van der Waals surface area contributed by atoms with Crippen molar-refractivity contribution in [2.75, 3.05) is 26.2 Å². The molecule has 2 heteroatoms. The molecule has 0 aromatic heterocycles. The SMILES string of the molecule is C1CC2CNCC[NH+]2C1. The molecule has 52 valence electrons. The third-order valence-electron chi connectivity index (χ3n) is 2.64. The summed E-state index contributed by atoms with van der Waals surface area (Å²) >= 11 is 0. The number of quaternary nitrogens is 1. The molecule has 0 radical (unpaired) electrons. The highest BCUT2D eigenvalue weighted by molar-refractivity contribution is 4.68. The van der Waals surface area contributed by atoms with Crippen LogP contribution in [0.1, 0.15) is 12.8 Å². The lowest BCUT2D eigenvalue weighted by Crippen LogP contribution is -3.16. The summed E-state index contributed by atoms with van der Waals surface area (Å²) in [4.78, 5) is 1.86. The summed E-state index contributed by atoms with van der Waals surface area (Å²) in [5.74, 6) is 0. The predicted molar refractivity (Wildman–Crippen MR) is 36.6 cm³/mol. The van der Waals surface area contributed by atoms with Gasteiger partial charge in [0.2, 0.25) is 0 Å². The minimum Gasteiger partial charge on any atom is -0.330 e.